The van der Waals surface area contributed by atoms with Crippen LogP contribution in [0.15, 0.2) is 18.6 Å². The lowest BCUT2D eigenvalue weighted by Gasteiger charge is -2.15. The predicted molar refractivity (Wildman–Crippen MR) is 71.6 cm³/mol. The molecule has 0 atom stereocenters. The average Bonchev–Trinajstić information content (AvgIpc) is 2.98. The molecule has 6 heteroatoms. The molecule has 2 aromatic rings. The fourth-order valence-corrected chi connectivity index (χ4v) is 2.41. The number of nitrogens with one attached hydrogen (secondary N) is 1. The molecule has 0 unspecified atom stereocenters. The second kappa shape index (κ2) is 4.81. The lowest BCUT2D eigenvalue weighted by molar-refractivity contribution is 0.352. The van der Waals surface area contributed by atoms with Crippen LogP contribution in [0.4, 0.5) is 11.6 Å². The Balaban J connectivity index is 1.67. The van der Waals surface area contributed by atoms with Gasteiger partial charge in [0.2, 0.25) is 0 Å². The summed E-state index contributed by atoms with van der Waals surface area (Å²) in [4.78, 5) is 11.0. The van der Waals surface area contributed by atoms with E-state index in [1.807, 2.05) is 10.6 Å². The summed E-state index contributed by atoms with van der Waals surface area (Å²) in [5, 5.41) is 3.33. The van der Waals surface area contributed by atoms with Gasteiger partial charge < -0.3 is 20.4 Å². The monoisotopic (exact) mass is 246 g/mol. The molecule has 0 bridgehead atoms. The van der Waals surface area contributed by atoms with Crippen molar-refractivity contribution >= 4 is 17.3 Å². The van der Waals surface area contributed by atoms with Gasteiger partial charge in [-0.2, -0.15) is 0 Å². The lowest BCUT2D eigenvalue weighted by atomic mass is 10.4. The van der Waals surface area contributed by atoms with E-state index in [0.29, 0.717) is 5.82 Å². The molecule has 6 nitrogen and oxygen atoms in total. The number of nitrogens with zero attached hydrogens (tertiary/aromatic N) is 4. The Morgan fingerprint density at radius 3 is 3.00 bits per heavy atom. The molecule has 2 aromatic heterocycles. The number of rotatable bonds is 4. The Labute approximate surface area is 106 Å². The van der Waals surface area contributed by atoms with Crippen LogP contribution in [0.5, 0.6) is 0 Å². The summed E-state index contributed by atoms with van der Waals surface area (Å²) in [7, 11) is 0. The zero-order valence-electron chi connectivity index (χ0n) is 10.3. The highest BCUT2D eigenvalue weighted by molar-refractivity contribution is 5.64. The zero-order chi connectivity index (χ0) is 12.4. The smallest absolute Gasteiger partial charge is 0.180 e. The highest BCUT2D eigenvalue weighted by Gasteiger charge is 2.11. The first-order valence-corrected chi connectivity index (χ1v) is 6.38. The largest absolute Gasteiger partial charge is 0.382 e. The molecular weight excluding hydrogens is 228 g/mol. The Bertz CT molecular complexity index is 528. The SMILES string of the molecule is Nc1cn2ccnc2c(NCCN2CCCC2)n1. The van der Waals surface area contributed by atoms with Crippen molar-refractivity contribution in [2.24, 2.45) is 0 Å². The lowest BCUT2D eigenvalue weighted by Crippen LogP contribution is -2.26. The summed E-state index contributed by atoms with van der Waals surface area (Å²) in [6.07, 6.45) is 8.04. The third-order valence-corrected chi connectivity index (χ3v) is 3.31. The van der Waals surface area contributed by atoms with Crippen LogP contribution in [0.1, 0.15) is 12.8 Å². The van der Waals surface area contributed by atoms with E-state index >= 15 is 0 Å². The van der Waals surface area contributed by atoms with E-state index in [4.69, 9.17) is 5.73 Å². The molecule has 1 fully saturated rings. The van der Waals surface area contributed by atoms with E-state index < -0.39 is 0 Å². The molecule has 96 valence electrons. The zero-order valence-corrected chi connectivity index (χ0v) is 10.3. The van der Waals surface area contributed by atoms with Crippen molar-refractivity contribution in [2.75, 3.05) is 37.2 Å². The van der Waals surface area contributed by atoms with Crippen LogP contribution in [0.3, 0.4) is 0 Å². The van der Waals surface area contributed by atoms with Gasteiger partial charge in [-0.1, -0.05) is 0 Å². The summed E-state index contributed by atoms with van der Waals surface area (Å²) in [5.41, 5.74) is 6.59. The van der Waals surface area contributed by atoms with Crippen LogP contribution in [-0.2, 0) is 0 Å². The maximum atomic E-state index is 5.77. The number of imidazole rings is 1. The Kier molecular flexibility index (Phi) is 3.02. The molecule has 0 saturated carbocycles. The highest BCUT2D eigenvalue weighted by Crippen LogP contribution is 2.14. The van der Waals surface area contributed by atoms with E-state index in [9.17, 15) is 0 Å². The molecule has 3 rings (SSSR count). The molecule has 0 amide bonds. The molecule has 3 heterocycles. The average molecular weight is 246 g/mol. The quantitative estimate of drug-likeness (QED) is 0.835. The number of hydrogen-bond donors (Lipinski definition) is 2. The molecule has 0 aliphatic carbocycles. The predicted octanol–water partition coefficient (Wildman–Crippen LogP) is 0.819. The van der Waals surface area contributed by atoms with Gasteiger partial charge in [0.15, 0.2) is 11.5 Å². The fourth-order valence-electron chi connectivity index (χ4n) is 2.41. The van der Waals surface area contributed by atoms with Gasteiger partial charge in [-0.25, -0.2) is 9.97 Å². The molecule has 18 heavy (non-hydrogen) atoms. The maximum absolute atomic E-state index is 5.77. The maximum Gasteiger partial charge on any atom is 0.180 e. The minimum absolute atomic E-state index is 0.504. The van der Waals surface area contributed by atoms with Gasteiger partial charge in [0.05, 0.1) is 6.20 Å². The van der Waals surface area contributed by atoms with Gasteiger partial charge >= 0.3 is 0 Å². The van der Waals surface area contributed by atoms with Gasteiger partial charge in [-0.3, -0.25) is 0 Å². The van der Waals surface area contributed by atoms with Crippen LogP contribution in [0.2, 0.25) is 0 Å². The summed E-state index contributed by atoms with van der Waals surface area (Å²) in [5.74, 6) is 1.27. The minimum atomic E-state index is 0.504. The van der Waals surface area contributed by atoms with Gasteiger partial charge in [0, 0.05) is 25.5 Å². The molecule has 0 spiro atoms. The first-order valence-electron chi connectivity index (χ1n) is 6.38. The van der Waals surface area contributed by atoms with Gasteiger partial charge in [-0.15, -0.1) is 0 Å². The Morgan fingerprint density at radius 2 is 2.17 bits per heavy atom. The van der Waals surface area contributed by atoms with E-state index in [1.165, 1.54) is 25.9 Å². The number of nitrogen functional groups attached to an aromatic ring is 1. The van der Waals surface area contributed by atoms with E-state index in [1.54, 1.807) is 12.4 Å². The molecule has 0 aromatic carbocycles. The van der Waals surface area contributed by atoms with Crippen LogP contribution >= 0.6 is 0 Å². The summed E-state index contributed by atoms with van der Waals surface area (Å²) in [6.45, 7) is 4.35. The summed E-state index contributed by atoms with van der Waals surface area (Å²) < 4.78 is 1.89. The van der Waals surface area contributed by atoms with Crippen molar-refractivity contribution in [3.8, 4) is 0 Å². The molecule has 0 radical (unpaired) electrons. The van der Waals surface area contributed by atoms with Crippen molar-refractivity contribution in [1.82, 2.24) is 19.3 Å². The number of aromatic nitrogens is 3. The van der Waals surface area contributed by atoms with E-state index in [-0.39, 0.29) is 0 Å². The van der Waals surface area contributed by atoms with Gasteiger partial charge in [-0.05, 0) is 25.9 Å². The topological polar surface area (TPSA) is 71.5 Å². The van der Waals surface area contributed by atoms with Crippen LogP contribution in [-0.4, -0.2) is 45.4 Å². The Morgan fingerprint density at radius 1 is 1.33 bits per heavy atom. The van der Waals surface area contributed by atoms with Crippen LogP contribution in [0, 0.1) is 0 Å². The third-order valence-electron chi connectivity index (χ3n) is 3.31. The van der Waals surface area contributed by atoms with E-state index in [0.717, 1.165) is 24.6 Å². The van der Waals surface area contributed by atoms with Crippen molar-refractivity contribution < 1.29 is 0 Å². The van der Waals surface area contributed by atoms with Gasteiger partial charge in [0.25, 0.3) is 0 Å². The fraction of sp³-hybridized carbons (Fsp3) is 0.500. The van der Waals surface area contributed by atoms with Crippen LogP contribution in [0.25, 0.3) is 5.65 Å². The van der Waals surface area contributed by atoms with Crippen molar-refractivity contribution in [3.05, 3.63) is 18.6 Å². The molecule has 1 aliphatic rings. The Hall–Kier alpha value is -1.82. The van der Waals surface area contributed by atoms with Crippen molar-refractivity contribution in [2.45, 2.75) is 12.8 Å². The summed E-state index contributed by atoms with van der Waals surface area (Å²) >= 11 is 0. The third kappa shape index (κ3) is 2.24. The standard InChI is InChI=1S/C12H18N6/c13-10-9-18-8-4-15-12(18)11(16-10)14-3-7-17-5-1-2-6-17/h4,8-9H,1-3,5-7,13H2,(H,14,16). The molecule has 3 N–H and O–H groups in total. The first-order chi connectivity index (χ1) is 8.83. The highest BCUT2D eigenvalue weighted by atomic mass is 15.2. The molecule has 1 aliphatic heterocycles. The second-order valence-corrected chi connectivity index (χ2v) is 4.65. The number of fused-ring (bicyclic) bond motifs is 1. The number of anilines is 2. The summed E-state index contributed by atoms with van der Waals surface area (Å²) in [6, 6.07) is 0. The normalized spacial score (nSPS) is 16.4. The molecule has 1 saturated heterocycles. The first kappa shape index (κ1) is 11.3. The van der Waals surface area contributed by atoms with Crippen molar-refractivity contribution in [3.63, 3.8) is 0 Å². The van der Waals surface area contributed by atoms with E-state index in [2.05, 4.69) is 20.2 Å². The molecular formula is C12H18N6. The number of likely N-dealkylation sites (tertiary alicyclic amines) is 1. The van der Waals surface area contributed by atoms with Crippen molar-refractivity contribution in [1.29, 1.82) is 0 Å². The number of nitrogens with two attached hydrogens (primary N) is 1. The minimum Gasteiger partial charge on any atom is -0.382 e. The number of hydrogen-bond acceptors (Lipinski definition) is 5. The van der Waals surface area contributed by atoms with Gasteiger partial charge in [0.1, 0.15) is 5.82 Å². The second-order valence-electron chi connectivity index (χ2n) is 4.65. The van der Waals surface area contributed by atoms with Crippen LogP contribution < -0.4 is 11.1 Å².